The Bertz CT molecular complexity index is 551. The second-order valence-electron chi connectivity index (χ2n) is 6.05. The highest BCUT2D eigenvalue weighted by atomic mass is 14.9. The average Bonchev–Trinajstić information content (AvgIpc) is 2.49. The van der Waals surface area contributed by atoms with E-state index in [1.165, 1.54) is 42.0 Å². The number of fused-ring (bicyclic) bond motifs is 1. The van der Waals surface area contributed by atoms with Crippen LogP contribution < -0.4 is 11.1 Å². The second-order valence-corrected chi connectivity index (χ2v) is 6.05. The van der Waals surface area contributed by atoms with E-state index in [9.17, 15) is 0 Å². The Hall–Kier alpha value is -1.38. The van der Waals surface area contributed by atoms with Crippen LogP contribution in [0.3, 0.4) is 0 Å². The van der Waals surface area contributed by atoms with E-state index >= 15 is 0 Å². The van der Waals surface area contributed by atoms with Gasteiger partial charge in [-0.25, -0.2) is 0 Å². The van der Waals surface area contributed by atoms with Crippen molar-refractivity contribution in [1.82, 2.24) is 5.32 Å². The fourth-order valence-corrected chi connectivity index (χ4v) is 3.25. The number of hydrogen-bond donors (Lipinski definition) is 2. The topological polar surface area (TPSA) is 38.0 Å². The molecule has 2 aromatic rings. The standard InChI is InChI=1S/C18H24N2/c19-17-10-8-14(9-11-17)12-20-13-16-6-3-5-15-4-1-2-7-18(15)16/h1-7,14,17,20H,8-13,19H2/t14-,17-. The first-order chi connectivity index (χ1) is 9.83. The number of nitrogens with one attached hydrogen (secondary N) is 1. The zero-order valence-corrected chi connectivity index (χ0v) is 12.0. The van der Waals surface area contributed by atoms with Gasteiger partial charge in [0.25, 0.3) is 0 Å². The van der Waals surface area contributed by atoms with Crippen molar-refractivity contribution < 1.29 is 0 Å². The molecule has 2 aromatic carbocycles. The summed E-state index contributed by atoms with van der Waals surface area (Å²) in [6, 6.07) is 15.6. The summed E-state index contributed by atoms with van der Waals surface area (Å²) in [5, 5.41) is 6.34. The van der Waals surface area contributed by atoms with E-state index in [0.717, 1.165) is 19.0 Å². The van der Waals surface area contributed by atoms with Gasteiger partial charge in [0, 0.05) is 12.6 Å². The van der Waals surface area contributed by atoms with Crippen LogP contribution in [0.1, 0.15) is 31.2 Å². The zero-order chi connectivity index (χ0) is 13.8. The van der Waals surface area contributed by atoms with Crippen molar-refractivity contribution in [3.8, 4) is 0 Å². The van der Waals surface area contributed by atoms with Crippen LogP contribution in [0.2, 0.25) is 0 Å². The lowest BCUT2D eigenvalue weighted by molar-refractivity contribution is 0.314. The van der Waals surface area contributed by atoms with Crippen molar-refractivity contribution in [1.29, 1.82) is 0 Å². The first-order valence-electron chi connectivity index (χ1n) is 7.76. The molecule has 2 nitrogen and oxygen atoms in total. The van der Waals surface area contributed by atoms with E-state index < -0.39 is 0 Å². The molecule has 0 spiro atoms. The van der Waals surface area contributed by atoms with Gasteiger partial charge in [0.2, 0.25) is 0 Å². The van der Waals surface area contributed by atoms with Crippen LogP contribution in [0.4, 0.5) is 0 Å². The Morgan fingerprint density at radius 3 is 2.55 bits per heavy atom. The van der Waals surface area contributed by atoms with Crippen LogP contribution in [0.15, 0.2) is 42.5 Å². The van der Waals surface area contributed by atoms with Gasteiger partial charge in [-0.1, -0.05) is 42.5 Å². The molecule has 1 aliphatic carbocycles. The van der Waals surface area contributed by atoms with Crippen LogP contribution in [0.5, 0.6) is 0 Å². The normalized spacial score (nSPS) is 23.1. The first-order valence-corrected chi connectivity index (χ1v) is 7.76. The van der Waals surface area contributed by atoms with Gasteiger partial charge in [-0.3, -0.25) is 0 Å². The minimum atomic E-state index is 0.448. The molecule has 0 heterocycles. The van der Waals surface area contributed by atoms with Crippen LogP contribution in [0.25, 0.3) is 10.8 Å². The zero-order valence-electron chi connectivity index (χ0n) is 12.0. The van der Waals surface area contributed by atoms with Gasteiger partial charge >= 0.3 is 0 Å². The summed E-state index contributed by atoms with van der Waals surface area (Å²) in [7, 11) is 0. The highest BCUT2D eigenvalue weighted by Gasteiger charge is 2.17. The van der Waals surface area contributed by atoms with Crippen molar-refractivity contribution in [3.05, 3.63) is 48.0 Å². The van der Waals surface area contributed by atoms with E-state index in [0.29, 0.717) is 6.04 Å². The van der Waals surface area contributed by atoms with Crippen LogP contribution >= 0.6 is 0 Å². The summed E-state index contributed by atoms with van der Waals surface area (Å²) in [4.78, 5) is 0. The van der Waals surface area contributed by atoms with E-state index in [2.05, 4.69) is 47.8 Å². The predicted molar refractivity (Wildman–Crippen MR) is 85.6 cm³/mol. The molecule has 0 unspecified atom stereocenters. The maximum atomic E-state index is 5.96. The Balaban J connectivity index is 1.57. The van der Waals surface area contributed by atoms with Crippen molar-refractivity contribution in [2.24, 2.45) is 11.7 Å². The quantitative estimate of drug-likeness (QED) is 0.891. The lowest BCUT2D eigenvalue weighted by atomic mass is 9.86. The molecular weight excluding hydrogens is 244 g/mol. The molecule has 106 valence electrons. The largest absolute Gasteiger partial charge is 0.328 e. The summed E-state index contributed by atoms with van der Waals surface area (Å²) in [5.41, 5.74) is 7.36. The molecule has 0 saturated heterocycles. The number of rotatable bonds is 4. The van der Waals surface area contributed by atoms with E-state index in [-0.39, 0.29) is 0 Å². The molecule has 3 N–H and O–H groups in total. The van der Waals surface area contributed by atoms with Gasteiger partial charge in [-0.15, -0.1) is 0 Å². The fourth-order valence-electron chi connectivity index (χ4n) is 3.25. The number of nitrogens with two attached hydrogens (primary N) is 1. The summed E-state index contributed by atoms with van der Waals surface area (Å²) in [6.07, 6.45) is 4.95. The third kappa shape index (κ3) is 3.20. The molecule has 20 heavy (non-hydrogen) atoms. The smallest absolute Gasteiger partial charge is 0.0211 e. The summed E-state index contributed by atoms with van der Waals surface area (Å²) in [6.45, 7) is 2.08. The molecule has 1 aliphatic rings. The van der Waals surface area contributed by atoms with Crippen molar-refractivity contribution >= 4 is 10.8 Å². The molecule has 0 radical (unpaired) electrons. The highest BCUT2D eigenvalue weighted by molar-refractivity contribution is 5.85. The molecule has 2 heteroatoms. The van der Waals surface area contributed by atoms with Crippen LogP contribution in [-0.2, 0) is 6.54 Å². The molecule has 0 aromatic heterocycles. The van der Waals surface area contributed by atoms with Gasteiger partial charge < -0.3 is 11.1 Å². The summed E-state index contributed by atoms with van der Waals surface area (Å²) in [5.74, 6) is 0.810. The van der Waals surface area contributed by atoms with Crippen molar-refractivity contribution in [3.63, 3.8) is 0 Å². The lowest BCUT2D eigenvalue weighted by Gasteiger charge is -2.26. The fraction of sp³-hybridized carbons (Fsp3) is 0.444. The average molecular weight is 268 g/mol. The predicted octanol–water partition coefficient (Wildman–Crippen LogP) is 3.45. The maximum Gasteiger partial charge on any atom is 0.0211 e. The van der Waals surface area contributed by atoms with E-state index in [1.807, 2.05) is 0 Å². The summed E-state index contributed by atoms with van der Waals surface area (Å²) < 4.78 is 0. The molecule has 1 fully saturated rings. The Labute approximate surface area is 121 Å². The lowest BCUT2D eigenvalue weighted by Crippen LogP contribution is -2.31. The third-order valence-electron chi connectivity index (χ3n) is 4.52. The number of benzene rings is 2. The second kappa shape index (κ2) is 6.38. The minimum Gasteiger partial charge on any atom is -0.328 e. The van der Waals surface area contributed by atoms with Crippen LogP contribution in [0, 0.1) is 5.92 Å². The minimum absolute atomic E-state index is 0.448. The highest BCUT2D eigenvalue weighted by Crippen LogP contribution is 2.23. The van der Waals surface area contributed by atoms with Crippen molar-refractivity contribution in [2.75, 3.05) is 6.54 Å². The monoisotopic (exact) mass is 268 g/mol. The Morgan fingerprint density at radius 2 is 1.70 bits per heavy atom. The van der Waals surface area contributed by atoms with E-state index in [4.69, 9.17) is 5.73 Å². The molecule has 0 amide bonds. The van der Waals surface area contributed by atoms with Gasteiger partial charge in [0.1, 0.15) is 0 Å². The van der Waals surface area contributed by atoms with Crippen LogP contribution in [-0.4, -0.2) is 12.6 Å². The van der Waals surface area contributed by atoms with Gasteiger partial charge in [0.15, 0.2) is 0 Å². The summed E-state index contributed by atoms with van der Waals surface area (Å²) >= 11 is 0. The van der Waals surface area contributed by atoms with Gasteiger partial charge in [0.05, 0.1) is 0 Å². The molecule has 0 atom stereocenters. The van der Waals surface area contributed by atoms with Gasteiger partial charge in [-0.2, -0.15) is 0 Å². The molecule has 1 saturated carbocycles. The SMILES string of the molecule is N[C@H]1CC[C@H](CNCc2cccc3ccccc23)CC1. The molecular formula is C18H24N2. The number of hydrogen-bond acceptors (Lipinski definition) is 2. The van der Waals surface area contributed by atoms with E-state index in [1.54, 1.807) is 0 Å². The Kier molecular flexibility index (Phi) is 4.34. The first kappa shape index (κ1) is 13.6. The molecule has 0 bridgehead atoms. The Morgan fingerprint density at radius 1 is 0.950 bits per heavy atom. The van der Waals surface area contributed by atoms with Gasteiger partial charge in [-0.05, 0) is 54.5 Å². The van der Waals surface area contributed by atoms with Crippen molar-refractivity contribution in [2.45, 2.75) is 38.3 Å². The molecule has 3 rings (SSSR count). The molecule has 0 aliphatic heterocycles. The third-order valence-corrected chi connectivity index (χ3v) is 4.52. The maximum absolute atomic E-state index is 5.96.